The number of carbonyl (C=O) groups excluding carboxylic acids is 2. The topological polar surface area (TPSA) is 59.2 Å². The van der Waals surface area contributed by atoms with Crippen molar-refractivity contribution in [2.45, 2.75) is 11.8 Å². The van der Waals surface area contributed by atoms with Crippen LogP contribution in [0.1, 0.15) is 17.3 Å². The lowest BCUT2D eigenvalue weighted by molar-refractivity contribution is -0.137. The highest BCUT2D eigenvalue weighted by Gasteiger charge is 2.13. The van der Waals surface area contributed by atoms with Crippen molar-refractivity contribution in [1.82, 2.24) is 4.98 Å². The number of rotatable bonds is 4. The zero-order valence-electron chi connectivity index (χ0n) is 10.1. The molecule has 1 heterocycles. The first-order valence-corrected chi connectivity index (χ1v) is 6.42. The standard InChI is InChI=1S/C13H13NO3S/c1-8(15)9-6-14-10-4-3-5-11(13(9)10)18-7-12(16)17-2/h3-6,14H,7H2,1-2H3. The second kappa shape index (κ2) is 5.27. The number of nitrogens with one attached hydrogen (secondary N) is 1. The zero-order chi connectivity index (χ0) is 13.1. The summed E-state index contributed by atoms with van der Waals surface area (Å²) in [5, 5.41) is 0.874. The molecule has 0 radical (unpaired) electrons. The van der Waals surface area contributed by atoms with Gasteiger partial charge in [-0.15, -0.1) is 11.8 Å². The zero-order valence-corrected chi connectivity index (χ0v) is 11.0. The Labute approximate surface area is 109 Å². The molecular formula is C13H13NO3S. The molecule has 0 fully saturated rings. The van der Waals surface area contributed by atoms with E-state index in [9.17, 15) is 9.59 Å². The minimum Gasteiger partial charge on any atom is -0.468 e. The molecule has 0 bridgehead atoms. The van der Waals surface area contributed by atoms with Crippen molar-refractivity contribution in [3.63, 3.8) is 0 Å². The lowest BCUT2D eigenvalue weighted by Gasteiger charge is -2.04. The summed E-state index contributed by atoms with van der Waals surface area (Å²) in [5.74, 6) is -0.0395. The van der Waals surface area contributed by atoms with Gasteiger partial charge in [0.15, 0.2) is 5.78 Å². The number of esters is 1. The summed E-state index contributed by atoms with van der Waals surface area (Å²) in [5.41, 5.74) is 1.55. The van der Waals surface area contributed by atoms with Gasteiger partial charge >= 0.3 is 5.97 Å². The number of hydrogen-bond acceptors (Lipinski definition) is 4. The van der Waals surface area contributed by atoms with Gasteiger partial charge in [0.05, 0.1) is 12.9 Å². The first kappa shape index (κ1) is 12.7. The summed E-state index contributed by atoms with van der Waals surface area (Å²) in [7, 11) is 1.36. The number of ketones is 1. The maximum atomic E-state index is 11.5. The largest absolute Gasteiger partial charge is 0.468 e. The normalized spacial score (nSPS) is 10.6. The quantitative estimate of drug-likeness (QED) is 0.523. The number of hydrogen-bond donors (Lipinski definition) is 1. The van der Waals surface area contributed by atoms with Gasteiger partial charge in [-0.2, -0.15) is 0 Å². The number of aromatic amines is 1. The SMILES string of the molecule is COC(=O)CSc1cccc2[nH]cc(C(C)=O)c12. The van der Waals surface area contributed by atoms with Gasteiger partial charge in [0.2, 0.25) is 0 Å². The molecule has 5 heteroatoms. The van der Waals surface area contributed by atoms with Gasteiger partial charge in [-0.25, -0.2) is 0 Å². The number of fused-ring (bicyclic) bond motifs is 1. The minimum absolute atomic E-state index is 0.00682. The Morgan fingerprint density at radius 1 is 1.39 bits per heavy atom. The summed E-state index contributed by atoms with van der Waals surface area (Å²) in [6.07, 6.45) is 1.70. The van der Waals surface area contributed by atoms with E-state index in [-0.39, 0.29) is 17.5 Å². The molecule has 1 aromatic carbocycles. The Morgan fingerprint density at radius 2 is 2.17 bits per heavy atom. The Morgan fingerprint density at radius 3 is 2.83 bits per heavy atom. The third-order valence-electron chi connectivity index (χ3n) is 2.62. The molecule has 2 rings (SSSR count). The highest BCUT2D eigenvalue weighted by Crippen LogP contribution is 2.30. The second-order valence-corrected chi connectivity index (χ2v) is 4.82. The summed E-state index contributed by atoms with van der Waals surface area (Å²) in [6, 6.07) is 5.70. The van der Waals surface area contributed by atoms with Crippen LogP contribution in [0.15, 0.2) is 29.3 Å². The minimum atomic E-state index is -0.281. The molecule has 0 saturated carbocycles. The fourth-order valence-electron chi connectivity index (χ4n) is 1.74. The Hall–Kier alpha value is -1.75. The van der Waals surface area contributed by atoms with E-state index < -0.39 is 0 Å². The molecular weight excluding hydrogens is 250 g/mol. The number of H-pyrrole nitrogens is 1. The molecule has 1 aromatic heterocycles. The molecule has 0 amide bonds. The summed E-state index contributed by atoms with van der Waals surface area (Å²) < 4.78 is 4.61. The fourth-order valence-corrected chi connectivity index (χ4v) is 2.68. The molecule has 4 nitrogen and oxygen atoms in total. The lowest BCUT2D eigenvalue weighted by atomic mass is 10.1. The predicted octanol–water partition coefficient (Wildman–Crippen LogP) is 2.64. The van der Waals surface area contributed by atoms with Crippen LogP contribution < -0.4 is 0 Å². The molecule has 0 aliphatic rings. The number of carbonyl (C=O) groups is 2. The van der Waals surface area contributed by atoms with E-state index in [0.717, 1.165) is 15.8 Å². The molecule has 0 aliphatic carbocycles. The summed E-state index contributed by atoms with van der Waals surface area (Å²) in [4.78, 5) is 26.7. The van der Waals surface area contributed by atoms with Gasteiger partial charge < -0.3 is 9.72 Å². The number of aromatic nitrogens is 1. The van der Waals surface area contributed by atoms with E-state index in [1.165, 1.54) is 25.8 Å². The van der Waals surface area contributed by atoms with Crippen molar-refractivity contribution >= 4 is 34.4 Å². The van der Waals surface area contributed by atoms with E-state index in [4.69, 9.17) is 0 Å². The monoisotopic (exact) mass is 263 g/mol. The van der Waals surface area contributed by atoms with Crippen LogP contribution in [-0.2, 0) is 9.53 Å². The first-order chi connectivity index (χ1) is 8.63. The molecule has 94 valence electrons. The molecule has 0 atom stereocenters. The maximum absolute atomic E-state index is 11.5. The van der Waals surface area contributed by atoms with E-state index in [0.29, 0.717) is 5.56 Å². The van der Waals surface area contributed by atoms with Crippen LogP contribution in [-0.4, -0.2) is 29.6 Å². The molecule has 0 saturated heterocycles. The van der Waals surface area contributed by atoms with E-state index >= 15 is 0 Å². The number of thioether (sulfide) groups is 1. The van der Waals surface area contributed by atoms with Gasteiger partial charge in [-0.1, -0.05) is 6.07 Å². The summed E-state index contributed by atoms with van der Waals surface area (Å²) >= 11 is 1.37. The smallest absolute Gasteiger partial charge is 0.315 e. The highest BCUT2D eigenvalue weighted by atomic mass is 32.2. The van der Waals surface area contributed by atoms with E-state index in [1.54, 1.807) is 6.20 Å². The van der Waals surface area contributed by atoms with Crippen molar-refractivity contribution in [3.05, 3.63) is 30.0 Å². The fraction of sp³-hybridized carbons (Fsp3) is 0.231. The van der Waals surface area contributed by atoms with Crippen LogP contribution in [0.25, 0.3) is 10.9 Å². The van der Waals surface area contributed by atoms with Crippen LogP contribution in [0.4, 0.5) is 0 Å². The highest BCUT2D eigenvalue weighted by molar-refractivity contribution is 8.00. The average Bonchev–Trinajstić information content (AvgIpc) is 2.80. The lowest BCUT2D eigenvalue weighted by Crippen LogP contribution is -2.03. The molecule has 1 N–H and O–H groups in total. The number of Topliss-reactive ketones (excluding diaryl/α,β-unsaturated/α-hetero) is 1. The number of ether oxygens (including phenoxy) is 1. The van der Waals surface area contributed by atoms with E-state index in [1.807, 2.05) is 18.2 Å². The average molecular weight is 263 g/mol. The van der Waals surface area contributed by atoms with Crippen LogP contribution in [0.3, 0.4) is 0 Å². The van der Waals surface area contributed by atoms with Crippen molar-refractivity contribution in [2.24, 2.45) is 0 Å². The van der Waals surface area contributed by atoms with Crippen LogP contribution >= 0.6 is 11.8 Å². The van der Waals surface area contributed by atoms with Crippen molar-refractivity contribution < 1.29 is 14.3 Å². The van der Waals surface area contributed by atoms with Crippen molar-refractivity contribution in [3.8, 4) is 0 Å². The predicted molar refractivity (Wildman–Crippen MR) is 71.0 cm³/mol. The molecule has 18 heavy (non-hydrogen) atoms. The molecule has 2 aromatic rings. The number of benzene rings is 1. The Bertz CT molecular complexity index is 603. The van der Waals surface area contributed by atoms with Gasteiger partial charge in [0.25, 0.3) is 0 Å². The second-order valence-electron chi connectivity index (χ2n) is 3.80. The summed E-state index contributed by atoms with van der Waals surface area (Å²) in [6.45, 7) is 1.53. The third-order valence-corrected chi connectivity index (χ3v) is 3.65. The maximum Gasteiger partial charge on any atom is 0.315 e. The van der Waals surface area contributed by atoms with Gasteiger partial charge in [-0.3, -0.25) is 9.59 Å². The van der Waals surface area contributed by atoms with Crippen molar-refractivity contribution in [1.29, 1.82) is 0 Å². The van der Waals surface area contributed by atoms with Crippen LogP contribution in [0.2, 0.25) is 0 Å². The number of methoxy groups -OCH3 is 1. The molecule has 0 spiro atoms. The molecule has 0 aliphatic heterocycles. The Kier molecular flexibility index (Phi) is 3.72. The van der Waals surface area contributed by atoms with Crippen LogP contribution in [0, 0.1) is 0 Å². The Balaban J connectivity index is 2.40. The van der Waals surface area contributed by atoms with Crippen molar-refractivity contribution in [2.75, 3.05) is 12.9 Å². The van der Waals surface area contributed by atoms with Gasteiger partial charge in [0, 0.05) is 27.6 Å². The third kappa shape index (κ3) is 2.41. The van der Waals surface area contributed by atoms with Crippen LogP contribution in [0.5, 0.6) is 0 Å². The first-order valence-electron chi connectivity index (χ1n) is 5.44. The molecule has 0 unspecified atom stereocenters. The van der Waals surface area contributed by atoms with E-state index in [2.05, 4.69) is 9.72 Å². The van der Waals surface area contributed by atoms with Gasteiger partial charge in [0.1, 0.15) is 0 Å². The van der Waals surface area contributed by atoms with Gasteiger partial charge in [-0.05, 0) is 19.1 Å².